The summed E-state index contributed by atoms with van der Waals surface area (Å²) in [7, 11) is -0.471. The SMILES string of the molecule is C=Cc1c(CC)nc2cc(B3OC(C)(C)C(C)(C)O3)ccn2c1=O.CC. The second kappa shape index (κ2) is 7.37. The van der Waals surface area contributed by atoms with E-state index in [0.29, 0.717) is 17.6 Å². The molecule has 0 aliphatic carbocycles. The van der Waals surface area contributed by atoms with Crippen LogP contribution in [0.25, 0.3) is 11.7 Å². The highest BCUT2D eigenvalue weighted by atomic mass is 16.7. The van der Waals surface area contributed by atoms with Gasteiger partial charge in [0, 0.05) is 6.20 Å². The molecule has 26 heavy (non-hydrogen) atoms. The minimum absolute atomic E-state index is 0.104. The zero-order chi connectivity index (χ0) is 19.7. The van der Waals surface area contributed by atoms with E-state index < -0.39 is 18.3 Å². The van der Waals surface area contributed by atoms with E-state index in [9.17, 15) is 4.79 Å². The molecule has 0 aromatic carbocycles. The van der Waals surface area contributed by atoms with Crippen LogP contribution in [-0.4, -0.2) is 27.7 Å². The molecule has 0 radical (unpaired) electrons. The summed E-state index contributed by atoms with van der Waals surface area (Å²) in [6.07, 6.45) is 3.97. The third-order valence-corrected chi connectivity index (χ3v) is 5.03. The van der Waals surface area contributed by atoms with Gasteiger partial charge in [0.2, 0.25) is 0 Å². The Kier molecular flexibility index (Phi) is 5.78. The number of aromatic nitrogens is 2. The standard InChI is InChI=1S/C18H23BN2O3.C2H6/c1-7-13-14(8-2)20-15-11-12(9-10-21(15)16(13)22)19-23-17(3,4)18(5,6)24-19;1-2/h7,9-11H,1,8H2,2-6H3;1-2H3. The summed E-state index contributed by atoms with van der Waals surface area (Å²) < 4.78 is 13.7. The second-order valence-electron chi connectivity index (χ2n) is 7.11. The number of nitrogens with zero attached hydrogens (tertiary/aromatic N) is 2. The van der Waals surface area contributed by atoms with E-state index in [-0.39, 0.29) is 5.56 Å². The summed E-state index contributed by atoms with van der Waals surface area (Å²) in [6, 6.07) is 3.70. The van der Waals surface area contributed by atoms with Crippen molar-refractivity contribution >= 4 is 24.3 Å². The van der Waals surface area contributed by atoms with Crippen LogP contribution >= 0.6 is 0 Å². The molecule has 1 fully saturated rings. The van der Waals surface area contributed by atoms with Gasteiger partial charge in [-0.3, -0.25) is 9.20 Å². The van der Waals surface area contributed by atoms with Gasteiger partial charge in [-0.25, -0.2) is 4.98 Å². The van der Waals surface area contributed by atoms with Crippen LogP contribution in [0.2, 0.25) is 0 Å². The van der Waals surface area contributed by atoms with E-state index in [1.807, 2.05) is 60.6 Å². The molecule has 0 atom stereocenters. The van der Waals surface area contributed by atoms with Crippen LogP contribution in [0.5, 0.6) is 0 Å². The quantitative estimate of drug-likeness (QED) is 0.793. The maximum atomic E-state index is 12.6. The first-order chi connectivity index (χ1) is 12.2. The average Bonchev–Trinajstić information content (AvgIpc) is 2.83. The minimum Gasteiger partial charge on any atom is -0.399 e. The van der Waals surface area contributed by atoms with Crippen molar-refractivity contribution in [1.29, 1.82) is 0 Å². The van der Waals surface area contributed by atoms with Crippen molar-refractivity contribution in [2.24, 2.45) is 0 Å². The van der Waals surface area contributed by atoms with E-state index in [4.69, 9.17) is 9.31 Å². The van der Waals surface area contributed by atoms with Gasteiger partial charge in [0.25, 0.3) is 5.56 Å². The third-order valence-electron chi connectivity index (χ3n) is 5.03. The number of pyridine rings is 1. The maximum Gasteiger partial charge on any atom is 0.495 e. The summed E-state index contributed by atoms with van der Waals surface area (Å²) >= 11 is 0. The second-order valence-corrected chi connectivity index (χ2v) is 7.11. The molecule has 2 aromatic rings. The summed E-state index contributed by atoms with van der Waals surface area (Å²) in [6.45, 7) is 17.8. The summed E-state index contributed by atoms with van der Waals surface area (Å²) in [5.74, 6) is 0. The van der Waals surface area contributed by atoms with E-state index in [0.717, 1.165) is 11.2 Å². The average molecular weight is 356 g/mol. The highest BCUT2D eigenvalue weighted by molar-refractivity contribution is 6.62. The highest BCUT2D eigenvalue weighted by Crippen LogP contribution is 2.36. The summed E-state index contributed by atoms with van der Waals surface area (Å²) in [5, 5.41) is 0. The third kappa shape index (κ3) is 3.36. The van der Waals surface area contributed by atoms with Gasteiger partial charge in [0.1, 0.15) is 5.65 Å². The van der Waals surface area contributed by atoms with Gasteiger partial charge < -0.3 is 9.31 Å². The number of hydrogen-bond donors (Lipinski definition) is 0. The van der Waals surface area contributed by atoms with Gasteiger partial charge >= 0.3 is 7.12 Å². The first kappa shape index (κ1) is 20.4. The molecule has 3 rings (SSSR count). The summed E-state index contributed by atoms with van der Waals surface area (Å²) in [5.41, 5.74) is 1.84. The maximum absolute atomic E-state index is 12.6. The number of hydrogen-bond acceptors (Lipinski definition) is 4. The smallest absolute Gasteiger partial charge is 0.399 e. The Morgan fingerprint density at radius 2 is 1.81 bits per heavy atom. The number of fused-ring (bicyclic) bond motifs is 1. The van der Waals surface area contributed by atoms with Crippen LogP contribution in [0, 0.1) is 0 Å². The van der Waals surface area contributed by atoms with Crippen LogP contribution < -0.4 is 11.0 Å². The first-order valence-electron chi connectivity index (χ1n) is 9.23. The predicted octanol–water partition coefficient (Wildman–Crippen LogP) is 3.23. The Morgan fingerprint density at radius 3 is 2.31 bits per heavy atom. The molecule has 1 aliphatic heterocycles. The normalized spacial score (nSPS) is 17.7. The Balaban J connectivity index is 0.00000117. The van der Waals surface area contributed by atoms with Gasteiger partial charge in [-0.15, -0.1) is 0 Å². The molecule has 2 aromatic heterocycles. The molecule has 0 N–H and O–H groups in total. The zero-order valence-electron chi connectivity index (χ0n) is 16.9. The zero-order valence-corrected chi connectivity index (χ0v) is 16.9. The van der Waals surface area contributed by atoms with Crippen molar-refractivity contribution in [1.82, 2.24) is 9.38 Å². The molecule has 1 saturated heterocycles. The Labute approximate surface area is 156 Å². The van der Waals surface area contributed by atoms with Crippen LogP contribution in [0.3, 0.4) is 0 Å². The molecular weight excluding hydrogens is 327 g/mol. The lowest BCUT2D eigenvalue weighted by molar-refractivity contribution is 0.00578. The van der Waals surface area contributed by atoms with Crippen molar-refractivity contribution < 1.29 is 9.31 Å². The molecule has 0 saturated carbocycles. The fourth-order valence-electron chi connectivity index (χ4n) is 2.81. The van der Waals surface area contributed by atoms with Crippen LogP contribution in [0.4, 0.5) is 0 Å². The van der Waals surface area contributed by atoms with Crippen molar-refractivity contribution in [2.75, 3.05) is 0 Å². The van der Waals surface area contributed by atoms with Gasteiger partial charge in [0.15, 0.2) is 0 Å². The lowest BCUT2D eigenvalue weighted by Gasteiger charge is -2.32. The van der Waals surface area contributed by atoms with Gasteiger partial charge in [-0.05, 0) is 51.7 Å². The largest absolute Gasteiger partial charge is 0.495 e. The lowest BCUT2D eigenvalue weighted by Crippen LogP contribution is -2.41. The molecule has 0 bridgehead atoms. The van der Waals surface area contributed by atoms with E-state index >= 15 is 0 Å². The molecule has 0 unspecified atom stereocenters. The molecule has 0 amide bonds. The van der Waals surface area contributed by atoms with Crippen molar-refractivity contribution in [3.05, 3.63) is 46.5 Å². The number of aryl methyl sites for hydroxylation is 1. The molecule has 0 spiro atoms. The van der Waals surface area contributed by atoms with Gasteiger partial charge in [0.05, 0.1) is 22.5 Å². The fraction of sp³-hybridized carbons (Fsp3) is 0.500. The minimum atomic E-state index is -0.471. The van der Waals surface area contributed by atoms with E-state index in [1.165, 1.54) is 4.40 Å². The molecule has 140 valence electrons. The predicted molar refractivity (Wildman–Crippen MR) is 108 cm³/mol. The van der Waals surface area contributed by atoms with Crippen molar-refractivity contribution in [2.45, 2.75) is 66.1 Å². The molecule has 1 aliphatic rings. The number of rotatable bonds is 3. The lowest BCUT2D eigenvalue weighted by atomic mass is 9.80. The highest BCUT2D eigenvalue weighted by Gasteiger charge is 2.51. The molecular formula is C20H29BN2O3. The van der Waals surface area contributed by atoms with Crippen molar-refractivity contribution in [3.63, 3.8) is 0 Å². The van der Waals surface area contributed by atoms with Gasteiger partial charge in [-0.2, -0.15) is 0 Å². The first-order valence-corrected chi connectivity index (χ1v) is 9.23. The van der Waals surface area contributed by atoms with Crippen molar-refractivity contribution in [3.8, 4) is 0 Å². The Morgan fingerprint density at radius 1 is 1.23 bits per heavy atom. The summed E-state index contributed by atoms with van der Waals surface area (Å²) in [4.78, 5) is 17.2. The molecule has 6 heteroatoms. The topological polar surface area (TPSA) is 52.8 Å². The molecule has 5 nitrogen and oxygen atoms in total. The molecule has 3 heterocycles. The Bertz CT molecular complexity index is 855. The van der Waals surface area contributed by atoms with E-state index in [2.05, 4.69) is 11.6 Å². The van der Waals surface area contributed by atoms with Crippen LogP contribution in [0.1, 0.15) is 59.7 Å². The Hall–Kier alpha value is -1.92. The monoisotopic (exact) mass is 356 g/mol. The fourth-order valence-corrected chi connectivity index (χ4v) is 2.81. The van der Waals surface area contributed by atoms with Gasteiger partial charge in [-0.1, -0.05) is 33.4 Å². The van der Waals surface area contributed by atoms with Crippen LogP contribution in [-0.2, 0) is 15.7 Å². The van der Waals surface area contributed by atoms with Crippen LogP contribution in [0.15, 0.2) is 29.7 Å². The van der Waals surface area contributed by atoms with E-state index in [1.54, 1.807) is 12.3 Å².